The average molecular weight is 258 g/mol. The molecule has 4 nitrogen and oxygen atoms in total. The van der Waals surface area contributed by atoms with E-state index >= 15 is 0 Å². The van der Waals surface area contributed by atoms with Gasteiger partial charge in [-0.05, 0) is 18.4 Å². The molecule has 1 aliphatic carbocycles. The Bertz CT molecular complexity index is 480. The Hall–Kier alpha value is -1.84. The van der Waals surface area contributed by atoms with Crippen molar-refractivity contribution in [2.24, 2.45) is 0 Å². The lowest BCUT2D eigenvalue weighted by Gasteiger charge is -2.28. The van der Waals surface area contributed by atoms with Gasteiger partial charge in [0.1, 0.15) is 6.04 Å². The van der Waals surface area contributed by atoms with Gasteiger partial charge in [-0.15, -0.1) is 0 Å². The first kappa shape index (κ1) is 12.2. The number of nitrogens with zero attached hydrogens (tertiary/aromatic N) is 1. The summed E-state index contributed by atoms with van der Waals surface area (Å²) in [5, 5.41) is 2.80. The third kappa shape index (κ3) is 2.23. The van der Waals surface area contributed by atoms with Crippen LogP contribution in [0, 0.1) is 0 Å². The molecule has 0 bridgehead atoms. The molecular weight excluding hydrogens is 240 g/mol. The van der Waals surface area contributed by atoms with Gasteiger partial charge in [-0.25, -0.2) is 4.79 Å². The highest BCUT2D eigenvalue weighted by molar-refractivity contribution is 6.04. The Morgan fingerprint density at radius 2 is 1.68 bits per heavy atom. The lowest BCUT2D eigenvalue weighted by molar-refractivity contribution is -0.129. The summed E-state index contributed by atoms with van der Waals surface area (Å²) in [4.78, 5) is 26.0. The second kappa shape index (κ2) is 5.03. The largest absolute Gasteiger partial charge is 0.325 e. The number of hydrogen-bond donors (Lipinski definition) is 1. The molecule has 2 fully saturated rings. The lowest BCUT2D eigenvalue weighted by Crippen LogP contribution is -2.41. The Balaban J connectivity index is 1.81. The van der Waals surface area contributed by atoms with Crippen molar-refractivity contribution in [1.29, 1.82) is 0 Å². The quantitative estimate of drug-likeness (QED) is 0.829. The third-order valence-electron chi connectivity index (χ3n) is 4.04. The molecule has 100 valence electrons. The molecule has 3 amide bonds. The van der Waals surface area contributed by atoms with E-state index in [1.807, 2.05) is 30.3 Å². The zero-order chi connectivity index (χ0) is 13.2. The van der Waals surface area contributed by atoms with E-state index in [2.05, 4.69) is 5.32 Å². The van der Waals surface area contributed by atoms with Crippen LogP contribution < -0.4 is 5.32 Å². The van der Waals surface area contributed by atoms with Gasteiger partial charge in [0.05, 0.1) is 0 Å². The number of rotatable bonds is 2. The fraction of sp³-hybridized carbons (Fsp3) is 0.467. The molecule has 0 spiro atoms. The third-order valence-corrected chi connectivity index (χ3v) is 4.04. The van der Waals surface area contributed by atoms with Crippen LogP contribution in [0.3, 0.4) is 0 Å². The molecule has 1 heterocycles. The Morgan fingerprint density at radius 3 is 2.37 bits per heavy atom. The SMILES string of the molecule is O=C1NC(c2ccccc2)C(=O)N1C1CCCCC1. The summed E-state index contributed by atoms with van der Waals surface area (Å²) in [6.45, 7) is 0. The monoisotopic (exact) mass is 258 g/mol. The minimum Gasteiger partial charge on any atom is -0.322 e. The first-order chi connectivity index (χ1) is 9.27. The number of carbonyl (C=O) groups excluding carboxylic acids is 2. The molecule has 1 N–H and O–H groups in total. The van der Waals surface area contributed by atoms with Gasteiger partial charge >= 0.3 is 6.03 Å². The van der Waals surface area contributed by atoms with Gasteiger partial charge in [-0.1, -0.05) is 49.6 Å². The molecule has 1 unspecified atom stereocenters. The molecule has 0 aromatic heterocycles. The minimum absolute atomic E-state index is 0.0926. The topological polar surface area (TPSA) is 49.4 Å². The molecule has 1 atom stereocenters. The first-order valence-electron chi connectivity index (χ1n) is 6.96. The maximum Gasteiger partial charge on any atom is 0.325 e. The molecule has 1 aromatic carbocycles. The summed E-state index contributed by atoms with van der Waals surface area (Å²) in [7, 11) is 0. The Morgan fingerprint density at radius 1 is 1.00 bits per heavy atom. The molecule has 19 heavy (non-hydrogen) atoms. The van der Waals surface area contributed by atoms with Crippen LogP contribution in [-0.2, 0) is 4.79 Å². The van der Waals surface area contributed by atoms with Crippen LogP contribution in [-0.4, -0.2) is 22.9 Å². The summed E-state index contributed by atoms with van der Waals surface area (Å²) in [5.74, 6) is -0.0944. The van der Waals surface area contributed by atoms with Gasteiger partial charge < -0.3 is 5.32 Å². The van der Waals surface area contributed by atoms with E-state index < -0.39 is 6.04 Å². The highest BCUT2D eigenvalue weighted by Crippen LogP contribution is 2.29. The van der Waals surface area contributed by atoms with Crippen LogP contribution in [0.15, 0.2) is 30.3 Å². The van der Waals surface area contributed by atoms with E-state index in [0.29, 0.717) is 0 Å². The van der Waals surface area contributed by atoms with E-state index in [-0.39, 0.29) is 18.0 Å². The first-order valence-corrected chi connectivity index (χ1v) is 6.96. The molecule has 1 saturated heterocycles. The zero-order valence-electron chi connectivity index (χ0n) is 10.8. The normalized spacial score (nSPS) is 24.6. The number of benzene rings is 1. The fourth-order valence-electron chi connectivity index (χ4n) is 3.05. The number of urea groups is 1. The second-order valence-corrected chi connectivity index (χ2v) is 5.29. The molecule has 3 rings (SSSR count). The standard InChI is InChI=1S/C15H18N2O2/c18-14-13(11-7-3-1-4-8-11)16-15(19)17(14)12-9-5-2-6-10-12/h1,3-4,7-8,12-13H,2,5-6,9-10H2,(H,16,19). The number of imide groups is 1. The van der Waals surface area contributed by atoms with E-state index in [1.165, 1.54) is 11.3 Å². The average Bonchev–Trinajstić information content (AvgIpc) is 2.76. The van der Waals surface area contributed by atoms with Crippen LogP contribution >= 0.6 is 0 Å². The van der Waals surface area contributed by atoms with Gasteiger partial charge in [0.15, 0.2) is 0 Å². The number of nitrogens with one attached hydrogen (secondary N) is 1. The van der Waals surface area contributed by atoms with Crippen molar-refractivity contribution in [3.8, 4) is 0 Å². The summed E-state index contributed by atoms with van der Waals surface area (Å²) < 4.78 is 0. The van der Waals surface area contributed by atoms with Gasteiger partial charge in [0, 0.05) is 6.04 Å². The van der Waals surface area contributed by atoms with Gasteiger partial charge in [-0.2, -0.15) is 0 Å². The Labute approximate surface area is 112 Å². The lowest BCUT2D eigenvalue weighted by atomic mass is 9.94. The molecular formula is C15H18N2O2. The minimum atomic E-state index is -0.504. The number of carbonyl (C=O) groups is 2. The zero-order valence-corrected chi connectivity index (χ0v) is 10.8. The summed E-state index contributed by atoms with van der Waals surface area (Å²) in [6, 6.07) is 8.80. The predicted octanol–water partition coefficient (Wildman–Crippen LogP) is 2.61. The van der Waals surface area contributed by atoms with Crippen molar-refractivity contribution in [3.05, 3.63) is 35.9 Å². The predicted molar refractivity (Wildman–Crippen MR) is 71.4 cm³/mol. The van der Waals surface area contributed by atoms with Crippen molar-refractivity contribution < 1.29 is 9.59 Å². The van der Waals surface area contributed by atoms with Crippen molar-refractivity contribution in [2.75, 3.05) is 0 Å². The molecule has 1 aliphatic heterocycles. The van der Waals surface area contributed by atoms with Gasteiger partial charge in [0.2, 0.25) is 0 Å². The van der Waals surface area contributed by atoms with Crippen LogP contribution in [0.2, 0.25) is 0 Å². The van der Waals surface area contributed by atoms with Crippen LogP contribution in [0.1, 0.15) is 43.7 Å². The Kier molecular flexibility index (Phi) is 3.23. The summed E-state index contributed by atoms with van der Waals surface area (Å²) in [5.41, 5.74) is 0.860. The van der Waals surface area contributed by atoms with Gasteiger partial charge in [0.25, 0.3) is 5.91 Å². The number of amides is 3. The van der Waals surface area contributed by atoms with Crippen LogP contribution in [0.5, 0.6) is 0 Å². The molecule has 1 aromatic rings. The van der Waals surface area contributed by atoms with Crippen LogP contribution in [0.25, 0.3) is 0 Å². The fourth-order valence-corrected chi connectivity index (χ4v) is 3.05. The van der Waals surface area contributed by atoms with Crippen molar-refractivity contribution in [3.63, 3.8) is 0 Å². The summed E-state index contributed by atoms with van der Waals surface area (Å²) in [6.07, 6.45) is 5.32. The summed E-state index contributed by atoms with van der Waals surface area (Å²) >= 11 is 0. The van der Waals surface area contributed by atoms with E-state index in [9.17, 15) is 9.59 Å². The maximum atomic E-state index is 12.5. The smallest absolute Gasteiger partial charge is 0.322 e. The number of hydrogen-bond acceptors (Lipinski definition) is 2. The van der Waals surface area contributed by atoms with Crippen molar-refractivity contribution in [2.45, 2.75) is 44.2 Å². The molecule has 2 aliphatic rings. The van der Waals surface area contributed by atoms with Crippen LogP contribution in [0.4, 0.5) is 4.79 Å². The molecule has 0 radical (unpaired) electrons. The van der Waals surface area contributed by atoms with Crippen molar-refractivity contribution >= 4 is 11.9 Å². The maximum absolute atomic E-state index is 12.5. The highest BCUT2D eigenvalue weighted by atomic mass is 16.2. The molecule has 4 heteroatoms. The molecule has 1 saturated carbocycles. The van der Waals surface area contributed by atoms with Gasteiger partial charge in [-0.3, -0.25) is 9.69 Å². The van der Waals surface area contributed by atoms with E-state index in [1.54, 1.807) is 0 Å². The second-order valence-electron chi connectivity index (χ2n) is 5.29. The van der Waals surface area contributed by atoms with E-state index in [0.717, 1.165) is 31.2 Å². The van der Waals surface area contributed by atoms with Crippen molar-refractivity contribution in [1.82, 2.24) is 10.2 Å². The van der Waals surface area contributed by atoms with E-state index in [4.69, 9.17) is 0 Å². The highest BCUT2D eigenvalue weighted by Gasteiger charge is 2.42.